The lowest BCUT2D eigenvalue weighted by molar-refractivity contribution is -0.120. The fourth-order valence-corrected chi connectivity index (χ4v) is 1.62. The molecule has 0 unspecified atom stereocenters. The van der Waals surface area contributed by atoms with Gasteiger partial charge in [-0.25, -0.2) is 4.39 Å². The van der Waals surface area contributed by atoms with Crippen molar-refractivity contribution in [3.63, 3.8) is 0 Å². The van der Waals surface area contributed by atoms with E-state index in [4.69, 9.17) is 0 Å². The van der Waals surface area contributed by atoms with Crippen molar-refractivity contribution < 1.29 is 9.18 Å². The Hall–Kier alpha value is -1.42. The molecule has 17 heavy (non-hydrogen) atoms. The molecule has 0 atom stereocenters. The van der Waals surface area contributed by atoms with Crippen molar-refractivity contribution in [3.05, 3.63) is 35.1 Å². The van der Waals surface area contributed by atoms with Gasteiger partial charge >= 0.3 is 0 Å². The topological polar surface area (TPSA) is 41.1 Å². The number of nitrogens with one attached hydrogen (secondary N) is 2. The van der Waals surface area contributed by atoms with Gasteiger partial charge in [-0.05, 0) is 50.1 Å². The van der Waals surface area contributed by atoms with E-state index in [1.807, 2.05) is 13.8 Å². The Balaban J connectivity index is 2.29. The van der Waals surface area contributed by atoms with Crippen LogP contribution in [0.3, 0.4) is 0 Å². The molecule has 1 aromatic rings. The number of carbonyl (C=O) groups excluding carboxylic acids is 1. The first kappa shape index (κ1) is 13.6. The Morgan fingerprint density at radius 2 is 2.18 bits per heavy atom. The van der Waals surface area contributed by atoms with Crippen molar-refractivity contribution >= 4 is 5.91 Å². The molecule has 0 radical (unpaired) electrons. The maximum atomic E-state index is 12.9. The first-order valence-corrected chi connectivity index (χ1v) is 5.86. The molecule has 1 amide bonds. The van der Waals surface area contributed by atoms with E-state index in [1.54, 1.807) is 6.07 Å². The number of likely N-dealkylation sites (N-methyl/N-ethyl adjacent to an activating group) is 1. The normalized spacial score (nSPS) is 10.3. The van der Waals surface area contributed by atoms with Crippen LogP contribution in [0.5, 0.6) is 0 Å². The summed E-state index contributed by atoms with van der Waals surface area (Å²) in [7, 11) is 0. The second-order valence-corrected chi connectivity index (χ2v) is 3.95. The molecule has 0 saturated heterocycles. The Labute approximate surface area is 101 Å². The lowest BCUT2D eigenvalue weighted by Crippen LogP contribution is -2.34. The smallest absolute Gasteiger partial charge is 0.233 e. The van der Waals surface area contributed by atoms with Crippen molar-refractivity contribution in [1.29, 1.82) is 0 Å². The van der Waals surface area contributed by atoms with E-state index in [0.29, 0.717) is 19.6 Å². The number of hydrogen-bond donors (Lipinski definition) is 2. The molecule has 1 rings (SSSR count). The monoisotopic (exact) mass is 238 g/mol. The van der Waals surface area contributed by atoms with Crippen molar-refractivity contribution in [2.45, 2.75) is 20.3 Å². The van der Waals surface area contributed by atoms with Gasteiger partial charge in [0.25, 0.3) is 0 Å². The van der Waals surface area contributed by atoms with Crippen LogP contribution in [0.1, 0.15) is 18.1 Å². The molecular weight excluding hydrogens is 219 g/mol. The number of hydrogen-bond acceptors (Lipinski definition) is 2. The number of rotatable bonds is 6. The number of aryl methyl sites for hydroxylation is 1. The summed E-state index contributed by atoms with van der Waals surface area (Å²) in [4.78, 5) is 11.1. The number of benzene rings is 1. The van der Waals surface area contributed by atoms with Crippen LogP contribution in [-0.4, -0.2) is 25.5 Å². The second kappa shape index (κ2) is 7.01. The standard InChI is InChI=1S/C13H19FN2O/c1-3-16-13(17)9-15-7-6-11-4-5-12(14)8-10(11)2/h4-5,8,15H,3,6-7,9H2,1-2H3,(H,16,17). The van der Waals surface area contributed by atoms with E-state index in [0.717, 1.165) is 17.5 Å². The summed E-state index contributed by atoms with van der Waals surface area (Å²) in [5.74, 6) is -0.204. The van der Waals surface area contributed by atoms with E-state index in [2.05, 4.69) is 10.6 Å². The van der Waals surface area contributed by atoms with Crippen LogP contribution < -0.4 is 10.6 Å². The predicted octanol–water partition coefficient (Wildman–Crippen LogP) is 1.40. The van der Waals surface area contributed by atoms with Gasteiger partial charge in [-0.3, -0.25) is 4.79 Å². The van der Waals surface area contributed by atoms with Gasteiger partial charge in [0.15, 0.2) is 0 Å². The number of amides is 1. The van der Waals surface area contributed by atoms with E-state index in [9.17, 15) is 9.18 Å². The third kappa shape index (κ3) is 4.95. The summed E-state index contributed by atoms with van der Waals surface area (Å²) < 4.78 is 12.9. The molecule has 0 aromatic heterocycles. The van der Waals surface area contributed by atoms with Gasteiger partial charge in [0.05, 0.1) is 6.54 Å². The molecule has 4 heteroatoms. The number of carbonyl (C=O) groups is 1. The van der Waals surface area contributed by atoms with Crippen LogP contribution in [0.25, 0.3) is 0 Å². The van der Waals surface area contributed by atoms with Gasteiger partial charge < -0.3 is 10.6 Å². The van der Waals surface area contributed by atoms with Crippen LogP contribution in [0.2, 0.25) is 0 Å². The highest BCUT2D eigenvalue weighted by molar-refractivity contribution is 5.77. The van der Waals surface area contributed by atoms with Gasteiger partial charge in [0.1, 0.15) is 5.82 Å². The average molecular weight is 238 g/mol. The lowest BCUT2D eigenvalue weighted by atomic mass is 10.1. The predicted molar refractivity (Wildman–Crippen MR) is 66.4 cm³/mol. The lowest BCUT2D eigenvalue weighted by Gasteiger charge is -2.07. The molecule has 0 aliphatic heterocycles. The minimum absolute atomic E-state index is 0.00308. The van der Waals surface area contributed by atoms with Crippen LogP contribution in [-0.2, 0) is 11.2 Å². The quantitative estimate of drug-likeness (QED) is 0.736. The molecule has 0 bridgehead atoms. The fraction of sp³-hybridized carbons (Fsp3) is 0.462. The van der Waals surface area contributed by atoms with E-state index in [1.165, 1.54) is 12.1 Å². The van der Waals surface area contributed by atoms with Crippen molar-refractivity contribution in [3.8, 4) is 0 Å². The van der Waals surface area contributed by atoms with Gasteiger partial charge in [-0.15, -0.1) is 0 Å². The van der Waals surface area contributed by atoms with Gasteiger partial charge in [-0.1, -0.05) is 6.07 Å². The molecule has 3 nitrogen and oxygen atoms in total. The van der Waals surface area contributed by atoms with E-state index >= 15 is 0 Å². The van der Waals surface area contributed by atoms with Crippen molar-refractivity contribution in [2.24, 2.45) is 0 Å². The SMILES string of the molecule is CCNC(=O)CNCCc1ccc(F)cc1C. The Bertz CT molecular complexity index is 380. The Morgan fingerprint density at radius 1 is 1.41 bits per heavy atom. The molecule has 0 spiro atoms. The average Bonchev–Trinajstić information content (AvgIpc) is 2.27. The zero-order chi connectivity index (χ0) is 12.7. The highest BCUT2D eigenvalue weighted by Gasteiger charge is 2.01. The first-order chi connectivity index (χ1) is 8.13. The number of halogens is 1. The summed E-state index contributed by atoms with van der Waals surface area (Å²) >= 11 is 0. The van der Waals surface area contributed by atoms with E-state index < -0.39 is 0 Å². The van der Waals surface area contributed by atoms with Gasteiger partial charge in [0.2, 0.25) is 5.91 Å². The van der Waals surface area contributed by atoms with Crippen molar-refractivity contribution in [1.82, 2.24) is 10.6 Å². The van der Waals surface area contributed by atoms with Gasteiger partial charge in [0, 0.05) is 6.54 Å². The fourth-order valence-electron chi connectivity index (χ4n) is 1.62. The summed E-state index contributed by atoms with van der Waals surface area (Å²) in [6, 6.07) is 4.78. The van der Waals surface area contributed by atoms with Crippen LogP contribution in [0.4, 0.5) is 4.39 Å². The molecule has 0 saturated carbocycles. The van der Waals surface area contributed by atoms with Crippen LogP contribution in [0.15, 0.2) is 18.2 Å². The third-order valence-corrected chi connectivity index (χ3v) is 2.54. The molecule has 1 aromatic carbocycles. The Kier molecular flexibility index (Phi) is 5.63. The zero-order valence-corrected chi connectivity index (χ0v) is 10.3. The molecule has 2 N–H and O–H groups in total. The third-order valence-electron chi connectivity index (χ3n) is 2.54. The van der Waals surface area contributed by atoms with Crippen LogP contribution in [0, 0.1) is 12.7 Å². The molecule has 0 aliphatic rings. The second-order valence-electron chi connectivity index (χ2n) is 3.95. The largest absolute Gasteiger partial charge is 0.355 e. The minimum Gasteiger partial charge on any atom is -0.355 e. The van der Waals surface area contributed by atoms with E-state index in [-0.39, 0.29) is 11.7 Å². The van der Waals surface area contributed by atoms with Crippen molar-refractivity contribution in [2.75, 3.05) is 19.6 Å². The highest BCUT2D eigenvalue weighted by Crippen LogP contribution is 2.10. The zero-order valence-electron chi connectivity index (χ0n) is 10.3. The maximum Gasteiger partial charge on any atom is 0.233 e. The molecule has 0 aliphatic carbocycles. The molecule has 0 fully saturated rings. The molecule has 0 heterocycles. The Morgan fingerprint density at radius 3 is 2.82 bits per heavy atom. The summed E-state index contributed by atoms with van der Waals surface area (Å²) in [6.07, 6.45) is 0.797. The molecule has 94 valence electrons. The van der Waals surface area contributed by atoms with Gasteiger partial charge in [-0.2, -0.15) is 0 Å². The first-order valence-electron chi connectivity index (χ1n) is 5.86. The maximum absolute atomic E-state index is 12.9. The summed E-state index contributed by atoms with van der Waals surface area (Å²) in [5, 5.41) is 5.77. The van der Waals surface area contributed by atoms with Crippen LogP contribution >= 0.6 is 0 Å². The summed E-state index contributed by atoms with van der Waals surface area (Å²) in [6.45, 7) is 5.47. The molecular formula is C13H19FN2O. The summed E-state index contributed by atoms with van der Waals surface area (Å²) in [5.41, 5.74) is 2.06. The highest BCUT2D eigenvalue weighted by atomic mass is 19.1. The minimum atomic E-state index is -0.207.